The van der Waals surface area contributed by atoms with Crippen LogP contribution < -0.4 is 0 Å². The number of hydrogen-bond acceptors (Lipinski definition) is 3. The number of nitrogens with zero attached hydrogens (tertiary/aromatic N) is 3. The first-order valence-corrected chi connectivity index (χ1v) is 7.63. The second-order valence-electron chi connectivity index (χ2n) is 5.00. The van der Waals surface area contributed by atoms with Gasteiger partial charge in [0.1, 0.15) is 5.15 Å². The van der Waals surface area contributed by atoms with Crippen molar-refractivity contribution < 1.29 is 9.90 Å². The second kappa shape index (κ2) is 7.42. The molecule has 1 aromatic heterocycles. The fourth-order valence-corrected chi connectivity index (χ4v) is 2.65. The smallest absolute Gasteiger partial charge is 0.258 e. The van der Waals surface area contributed by atoms with E-state index in [1.54, 1.807) is 16.5 Å². The van der Waals surface area contributed by atoms with Crippen LogP contribution in [0, 0.1) is 6.92 Å². The third-order valence-corrected chi connectivity index (χ3v) is 3.88. The summed E-state index contributed by atoms with van der Waals surface area (Å²) in [6.45, 7) is 4.88. The van der Waals surface area contributed by atoms with E-state index in [9.17, 15) is 4.79 Å². The van der Waals surface area contributed by atoms with E-state index >= 15 is 0 Å². The summed E-state index contributed by atoms with van der Waals surface area (Å²) in [6.07, 6.45) is 0. The zero-order valence-corrected chi connectivity index (χ0v) is 13.5. The third kappa shape index (κ3) is 3.48. The Hall–Kier alpha value is -1.85. The van der Waals surface area contributed by atoms with E-state index in [-0.39, 0.29) is 19.1 Å². The number of amides is 1. The lowest BCUT2D eigenvalue weighted by Gasteiger charge is -2.19. The van der Waals surface area contributed by atoms with Gasteiger partial charge >= 0.3 is 0 Å². The van der Waals surface area contributed by atoms with Gasteiger partial charge in [0.2, 0.25) is 0 Å². The maximum Gasteiger partial charge on any atom is 0.258 e. The first-order valence-electron chi connectivity index (χ1n) is 7.25. The number of aliphatic hydroxyl groups excluding tert-OH is 1. The first-order chi connectivity index (χ1) is 10.6. The van der Waals surface area contributed by atoms with Crippen molar-refractivity contribution in [3.05, 3.63) is 52.3 Å². The van der Waals surface area contributed by atoms with Crippen molar-refractivity contribution in [2.45, 2.75) is 20.4 Å². The number of aryl methyl sites for hydroxylation is 1. The number of hydrogen-bond donors (Lipinski definition) is 1. The number of aliphatic hydroxyl groups is 1. The van der Waals surface area contributed by atoms with Gasteiger partial charge in [-0.3, -0.25) is 4.79 Å². The van der Waals surface area contributed by atoms with Crippen LogP contribution in [0.15, 0.2) is 30.3 Å². The molecule has 6 heteroatoms. The Morgan fingerprint density at radius 2 is 2.05 bits per heavy atom. The van der Waals surface area contributed by atoms with Crippen LogP contribution in [-0.2, 0) is 6.54 Å². The van der Waals surface area contributed by atoms with Crippen LogP contribution in [0.25, 0.3) is 0 Å². The molecule has 0 saturated heterocycles. The van der Waals surface area contributed by atoms with Crippen LogP contribution in [0.5, 0.6) is 0 Å². The maximum absolute atomic E-state index is 12.6. The number of carbonyl (C=O) groups is 1. The molecule has 5 nitrogen and oxygen atoms in total. The maximum atomic E-state index is 12.6. The summed E-state index contributed by atoms with van der Waals surface area (Å²) >= 11 is 6.37. The van der Waals surface area contributed by atoms with Gasteiger partial charge < -0.3 is 10.0 Å². The monoisotopic (exact) mass is 321 g/mol. The van der Waals surface area contributed by atoms with Gasteiger partial charge in [0.15, 0.2) is 0 Å². The van der Waals surface area contributed by atoms with Crippen LogP contribution in [0.3, 0.4) is 0 Å². The standard InChI is InChI=1S/C16H20ClN3O2/c1-3-19(9-10-21)16(22)14-12(2)18-20(15(14)17)11-13-7-5-4-6-8-13/h4-8,21H,3,9-11H2,1-2H3. The number of likely N-dealkylation sites (N-methyl/N-ethyl adjacent to an activating group) is 1. The van der Waals surface area contributed by atoms with Crippen molar-refractivity contribution in [1.82, 2.24) is 14.7 Å². The number of aromatic nitrogens is 2. The molecule has 22 heavy (non-hydrogen) atoms. The van der Waals surface area contributed by atoms with Crippen molar-refractivity contribution in [2.75, 3.05) is 19.7 Å². The topological polar surface area (TPSA) is 58.4 Å². The van der Waals surface area contributed by atoms with Crippen LogP contribution in [0.2, 0.25) is 5.15 Å². The SMILES string of the molecule is CCN(CCO)C(=O)c1c(C)nn(Cc2ccccc2)c1Cl. The van der Waals surface area contributed by atoms with Gasteiger partial charge in [-0.05, 0) is 19.4 Å². The third-order valence-electron chi connectivity index (χ3n) is 3.49. The van der Waals surface area contributed by atoms with Crippen LogP contribution in [0.1, 0.15) is 28.5 Å². The van der Waals surface area contributed by atoms with E-state index in [1.807, 2.05) is 37.3 Å². The molecule has 0 fully saturated rings. The highest BCUT2D eigenvalue weighted by atomic mass is 35.5. The van der Waals surface area contributed by atoms with Gasteiger partial charge in [-0.1, -0.05) is 41.9 Å². The average molecular weight is 322 g/mol. The number of benzene rings is 1. The molecule has 2 aromatic rings. The van der Waals surface area contributed by atoms with Crippen LogP contribution in [-0.4, -0.2) is 45.4 Å². The Kier molecular flexibility index (Phi) is 5.57. The molecular weight excluding hydrogens is 302 g/mol. The molecule has 0 aliphatic rings. The predicted octanol–water partition coefficient (Wildman–Crippen LogP) is 2.35. The highest BCUT2D eigenvalue weighted by Gasteiger charge is 2.24. The van der Waals surface area contributed by atoms with Crippen molar-refractivity contribution in [3.63, 3.8) is 0 Å². The molecule has 1 amide bonds. The van der Waals surface area contributed by atoms with Gasteiger partial charge in [-0.15, -0.1) is 0 Å². The van der Waals surface area contributed by atoms with E-state index in [0.29, 0.717) is 29.5 Å². The molecule has 1 heterocycles. The lowest BCUT2D eigenvalue weighted by Crippen LogP contribution is -2.33. The van der Waals surface area contributed by atoms with Crippen molar-refractivity contribution in [1.29, 1.82) is 0 Å². The van der Waals surface area contributed by atoms with E-state index in [2.05, 4.69) is 5.10 Å². The molecule has 0 saturated carbocycles. The molecular formula is C16H20ClN3O2. The molecule has 0 bridgehead atoms. The molecule has 118 valence electrons. The molecule has 0 spiro atoms. The fraction of sp³-hybridized carbons (Fsp3) is 0.375. The van der Waals surface area contributed by atoms with E-state index in [0.717, 1.165) is 5.56 Å². The largest absolute Gasteiger partial charge is 0.395 e. The Balaban J connectivity index is 2.29. The van der Waals surface area contributed by atoms with E-state index in [4.69, 9.17) is 16.7 Å². The molecule has 1 aromatic carbocycles. The summed E-state index contributed by atoms with van der Waals surface area (Å²) in [5, 5.41) is 13.8. The van der Waals surface area contributed by atoms with E-state index < -0.39 is 0 Å². The number of halogens is 1. The minimum absolute atomic E-state index is 0.0750. The summed E-state index contributed by atoms with van der Waals surface area (Å²) in [7, 11) is 0. The molecule has 0 aliphatic carbocycles. The minimum atomic E-state index is -0.196. The van der Waals surface area contributed by atoms with Crippen molar-refractivity contribution in [3.8, 4) is 0 Å². The van der Waals surface area contributed by atoms with Crippen molar-refractivity contribution >= 4 is 17.5 Å². The normalized spacial score (nSPS) is 10.7. The van der Waals surface area contributed by atoms with Gasteiger partial charge in [0, 0.05) is 13.1 Å². The van der Waals surface area contributed by atoms with Crippen molar-refractivity contribution in [2.24, 2.45) is 0 Å². The molecule has 2 rings (SSSR count). The Morgan fingerprint density at radius 3 is 2.64 bits per heavy atom. The number of rotatable bonds is 6. The Labute approximate surface area is 135 Å². The predicted molar refractivity (Wildman–Crippen MR) is 86.2 cm³/mol. The van der Waals surface area contributed by atoms with Crippen LogP contribution in [0.4, 0.5) is 0 Å². The zero-order valence-electron chi connectivity index (χ0n) is 12.8. The molecule has 0 radical (unpaired) electrons. The number of carbonyl (C=O) groups excluding carboxylic acids is 1. The Morgan fingerprint density at radius 1 is 1.36 bits per heavy atom. The summed E-state index contributed by atoms with van der Waals surface area (Å²) in [5.74, 6) is -0.196. The van der Waals surface area contributed by atoms with E-state index in [1.165, 1.54) is 0 Å². The highest BCUT2D eigenvalue weighted by molar-refractivity contribution is 6.33. The summed E-state index contributed by atoms with van der Waals surface area (Å²) < 4.78 is 1.63. The van der Waals surface area contributed by atoms with Gasteiger partial charge in [0.25, 0.3) is 5.91 Å². The average Bonchev–Trinajstić information content (AvgIpc) is 2.79. The van der Waals surface area contributed by atoms with Crippen LogP contribution >= 0.6 is 11.6 Å². The summed E-state index contributed by atoms with van der Waals surface area (Å²) in [4.78, 5) is 14.1. The molecule has 0 unspecified atom stereocenters. The quantitative estimate of drug-likeness (QED) is 0.888. The zero-order chi connectivity index (χ0) is 16.1. The van der Waals surface area contributed by atoms with Gasteiger partial charge in [0.05, 0.1) is 24.4 Å². The summed E-state index contributed by atoms with van der Waals surface area (Å²) in [6, 6.07) is 9.82. The Bertz CT molecular complexity index is 640. The first kappa shape index (κ1) is 16.5. The highest BCUT2D eigenvalue weighted by Crippen LogP contribution is 2.22. The van der Waals surface area contributed by atoms with Gasteiger partial charge in [-0.2, -0.15) is 5.10 Å². The van der Waals surface area contributed by atoms with Gasteiger partial charge in [-0.25, -0.2) is 4.68 Å². The molecule has 0 aliphatic heterocycles. The second-order valence-corrected chi connectivity index (χ2v) is 5.36. The molecule has 1 N–H and O–H groups in total. The molecule has 0 atom stereocenters. The minimum Gasteiger partial charge on any atom is -0.395 e. The fourth-order valence-electron chi connectivity index (χ4n) is 2.34. The summed E-state index contributed by atoms with van der Waals surface area (Å²) in [5.41, 5.74) is 2.07. The lowest BCUT2D eigenvalue weighted by molar-refractivity contribution is 0.0731. The lowest BCUT2D eigenvalue weighted by atomic mass is 10.2.